The summed E-state index contributed by atoms with van der Waals surface area (Å²) in [5, 5.41) is 0. The van der Waals surface area contributed by atoms with Crippen molar-refractivity contribution in [2.24, 2.45) is 10.8 Å². The molecule has 102 valence electrons. The Kier molecular flexibility index (Phi) is 3.38. The molecule has 2 heteroatoms. The second-order valence-corrected chi connectivity index (χ2v) is 6.70. The zero-order valence-corrected chi connectivity index (χ0v) is 12.2. The quantitative estimate of drug-likeness (QED) is 0.808. The molecule has 0 fully saturated rings. The number of hydrogen-bond acceptors (Lipinski definition) is 2. The van der Waals surface area contributed by atoms with Crippen molar-refractivity contribution in [2.75, 3.05) is 0 Å². The molecule has 1 aliphatic rings. The van der Waals surface area contributed by atoms with Crippen molar-refractivity contribution in [1.82, 2.24) is 0 Å². The molecule has 1 aromatic carbocycles. The lowest BCUT2D eigenvalue weighted by Gasteiger charge is -2.46. The minimum atomic E-state index is -0.548. The van der Waals surface area contributed by atoms with Crippen LogP contribution in [0.25, 0.3) is 0 Å². The fourth-order valence-electron chi connectivity index (χ4n) is 3.25. The van der Waals surface area contributed by atoms with E-state index in [0.717, 1.165) is 24.0 Å². The van der Waals surface area contributed by atoms with Gasteiger partial charge in [-0.15, -0.1) is 0 Å². The number of carbonyl (C=O) groups is 2. The maximum Gasteiger partial charge on any atom is 0.170 e. The van der Waals surface area contributed by atoms with Gasteiger partial charge in [-0.25, -0.2) is 0 Å². The molecule has 0 bridgehead atoms. The zero-order chi connectivity index (χ0) is 14.3. The molecule has 1 aromatic rings. The first-order valence-electron chi connectivity index (χ1n) is 6.90. The Hall–Kier alpha value is -1.44. The van der Waals surface area contributed by atoms with Gasteiger partial charge in [0.25, 0.3) is 0 Å². The normalized spacial score (nSPS) is 23.1. The van der Waals surface area contributed by atoms with E-state index in [9.17, 15) is 9.59 Å². The largest absolute Gasteiger partial charge is 0.300 e. The van der Waals surface area contributed by atoms with Gasteiger partial charge in [0.05, 0.1) is 0 Å². The van der Waals surface area contributed by atoms with Crippen molar-refractivity contribution in [3.63, 3.8) is 0 Å². The highest BCUT2D eigenvalue weighted by atomic mass is 16.1. The molecular formula is C17H22O2. The summed E-state index contributed by atoms with van der Waals surface area (Å²) in [6.07, 6.45) is 2.00. The Morgan fingerprint density at radius 1 is 1.26 bits per heavy atom. The molecule has 0 spiro atoms. The highest BCUT2D eigenvalue weighted by Crippen LogP contribution is 2.50. The highest BCUT2D eigenvalue weighted by Gasteiger charge is 2.50. The molecule has 19 heavy (non-hydrogen) atoms. The van der Waals surface area contributed by atoms with Crippen molar-refractivity contribution < 1.29 is 9.59 Å². The van der Waals surface area contributed by atoms with Gasteiger partial charge in [-0.3, -0.25) is 9.59 Å². The number of benzene rings is 1. The third-order valence-corrected chi connectivity index (χ3v) is 4.50. The number of Topliss-reactive ketones (excluding diaryl/α,β-unsaturated/α-hetero) is 2. The summed E-state index contributed by atoms with van der Waals surface area (Å²) in [7, 11) is 0. The first kappa shape index (κ1) is 14.0. The van der Waals surface area contributed by atoms with Crippen LogP contribution in [0, 0.1) is 10.8 Å². The van der Waals surface area contributed by atoms with Crippen LogP contribution in [0.5, 0.6) is 0 Å². The van der Waals surface area contributed by atoms with E-state index < -0.39 is 5.41 Å². The first-order chi connectivity index (χ1) is 8.78. The number of fused-ring (bicyclic) bond motifs is 1. The Morgan fingerprint density at radius 3 is 2.47 bits per heavy atom. The van der Waals surface area contributed by atoms with E-state index in [-0.39, 0.29) is 17.0 Å². The van der Waals surface area contributed by atoms with Gasteiger partial charge in [0, 0.05) is 17.4 Å². The Balaban J connectivity index is 2.54. The van der Waals surface area contributed by atoms with Crippen molar-refractivity contribution in [3.8, 4) is 0 Å². The van der Waals surface area contributed by atoms with Gasteiger partial charge in [0.15, 0.2) is 5.78 Å². The van der Waals surface area contributed by atoms with Gasteiger partial charge in [0.2, 0.25) is 0 Å². The van der Waals surface area contributed by atoms with Crippen molar-refractivity contribution in [1.29, 1.82) is 0 Å². The summed E-state index contributed by atoms with van der Waals surface area (Å²) in [6, 6.07) is 7.80. The summed E-state index contributed by atoms with van der Waals surface area (Å²) in [5.41, 5.74) is 1.18. The molecule has 1 unspecified atom stereocenters. The van der Waals surface area contributed by atoms with E-state index in [0.29, 0.717) is 6.42 Å². The summed E-state index contributed by atoms with van der Waals surface area (Å²) in [6.45, 7) is 7.80. The van der Waals surface area contributed by atoms with E-state index in [1.54, 1.807) is 6.92 Å². The predicted molar refractivity (Wildman–Crippen MR) is 76.3 cm³/mol. The molecule has 2 rings (SSSR count). The monoisotopic (exact) mass is 258 g/mol. The average molecular weight is 258 g/mol. The molecular weight excluding hydrogens is 236 g/mol. The van der Waals surface area contributed by atoms with Gasteiger partial charge >= 0.3 is 0 Å². The maximum atomic E-state index is 13.0. The van der Waals surface area contributed by atoms with Crippen LogP contribution in [-0.4, -0.2) is 11.6 Å². The fraction of sp³-hybridized carbons (Fsp3) is 0.529. The van der Waals surface area contributed by atoms with Crippen molar-refractivity contribution in [3.05, 3.63) is 35.4 Å². The molecule has 2 nitrogen and oxygen atoms in total. The van der Waals surface area contributed by atoms with E-state index in [1.807, 2.05) is 24.3 Å². The van der Waals surface area contributed by atoms with Gasteiger partial charge in [-0.2, -0.15) is 0 Å². The molecule has 0 amide bonds. The average Bonchev–Trinajstić information content (AvgIpc) is 2.31. The minimum absolute atomic E-state index is 0.0997. The van der Waals surface area contributed by atoms with Crippen LogP contribution in [-0.2, 0) is 11.2 Å². The van der Waals surface area contributed by atoms with Crippen LogP contribution in [0.2, 0.25) is 0 Å². The van der Waals surface area contributed by atoms with Crippen LogP contribution in [0.1, 0.15) is 56.5 Å². The summed E-state index contributed by atoms with van der Waals surface area (Å²) >= 11 is 0. The molecule has 0 saturated heterocycles. The second kappa shape index (κ2) is 4.59. The highest BCUT2D eigenvalue weighted by molar-refractivity contribution is 6.05. The zero-order valence-electron chi connectivity index (χ0n) is 12.2. The third kappa shape index (κ3) is 2.24. The molecule has 0 aromatic heterocycles. The van der Waals surface area contributed by atoms with Gasteiger partial charge in [-0.05, 0) is 30.7 Å². The molecule has 1 atom stereocenters. The number of ketones is 2. The van der Waals surface area contributed by atoms with Crippen molar-refractivity contribution in [2.45, 2.75) is 47.0 Å². The number of aryl methyl sites for hydroxylation is 1. The molecule has 0 radical (unpaired) electrons. The fourth-order valence-corrected chi connectivity index (χ4v) is 3.25. The van der Waals surface area contributed by atoms with E-state index >= 15 is 0 Å². The Bertz CT molecular complexity index is 522. The topological polar surface area (TPSA) is 34.1 Å². The molecule has 1 aliphatic carbocycles. The van der Waals surface area contributed by atoms with Crippen molar-refractivity contribution >= 4 is 11.6 Å². The number of carbonyl (C=O) groups excluding carboxylic acids is 2. The van der Waals surface area contributed by atoms with Gasteiger partial charge < -0.3 is 0 Å². The second-order valence-electron chi connectivity index (χ2n) is 6.70. The van der Waals surface area contributed by atoms with E-state index in [4.69, 9.17) is 0 Å². The molecule has 0 heterocycles. The van der Waals surface area contributed by atoms with E-state index in [2.05, 4.69) is 20.8 Å². The SMILES string of the molecule is CC(=O)CC1(C(C)(C)C)CCc2ccccc2C1=O. The van der Waals surface area contributed by atoms with E-state index in [1.165, 1.54) is 0 Å². The van der Waals surface area contributed by atoms with Crippen LogP contribution in [0.4, 0.5) is 0 Å². The summed E-state index contributed by atoms with van der Waals surface area (Å²) < 4.78 is 0. The van der Waals surface area contributed by atoms with Gasteiger partial charge in [0.1, 0.15) is 5.78 Å². The lowest BCUT2D eigenvalue weighted by Crippen LogP contribution is -2.47. The summed E-state index contributed by atoms with van der Waals surface area (Å²) in [5.74, 6) is 0.250. The predicted octanol–water partition coefficient (Wildman–Crippen LogP) is 3.83. The lowest BCUT2D eigenvalue weighted by molar-refractivity contribution is -0.120. The van der Waals surface area contributed by atoms with Crippen LogP contribution in [0.15, 0.2) is 24.3 Å². The lowest BCUT2D eigenvalue weighted by atomic mass is 9.55. The molecule has 0 N–H and O–H groups in total. The maximum absolute atomic E-state index is 13.0. The minimum Gasteiger partial charge on any atom is -0.300 e. The smallest absolute Gasteiger partial charge is 0.170 e. The van der Waals surface area contributed by atoms with Crippen LogP contribution >= 0.6 is 0 Å². The standard InChI is InChI=1S/C17H22O2/c1-12(18)11-17(16(2,3)4)10-9-13-7-5-6-8-14(13)15(17)19/h5-8H,9-11H2,1-4H3. The molecule has 0 aliphatic heterocycles. The number of rotatable bonds is 2. The first-order valence-corrected chi connectivity index (χ1v) is 6.90. The van der Waals surface area contributed by atoms with Crippen LogP contribution in [0.3, 0.4) is 0 Å². The Morgan fingerprint density at radius 2 is 1.89 bits per heavy atom. The Labute approximate surface area is 115 Å². The third-order valence-electron chi connectivity index (χ3n) is 4.50. The van der Waals surface area contributed by atoms with Crippen LogP contribution < -0.4 is 0 Å². The molecule has 0 saturated carbocycles. The van der Waals surface area contributed by atoms with Gasteiger partial charge in [-0.1, -0.05) is 45.0 Å². The summed E-state index contributed by atoms with van der Waals surface area (Å²) in [4.78, 5) is 24.6. The number of hydrogen-bond donors (Lipinski definition) is 0.